The van der Waals surface area contributed by atoms with Crippen molar-refractivity contribution in [3.63, 3.8) is 0 Å². The minimum absolute atomic E-state index is 0.00336. The van der Waals surface area contributed by atoms with Crippen molar-refractivity contribution in [2.75, 3.05) is 32.1 Å². The van der Waals surface area contributed by atoms with Gasteiger partial charge in [-0.15, -0.1) is 0 Å². The summed E-state index contributed by atoms with van der Waals surface area (Å²) in [6, 6.07) is 4.56. The molecule has 0 unspecified atom stereocenters. The lowest BCUT2D eigenvalue weighted by Gasteiger charge is -2.38. The van der Waals surface area contributed by atoms with E-state index in [1.807, 2.05) is 20.8 Å². The number of ether oxygens (including phenoxy) is 1. The molecule has 0 aromatic heterocycles. The van der Waals surface area contributed by atoms with Crippen molar-refractivity contribution in [1.29, 1.82) is 0 Å². The Morgan fingerprint density at radius 3 is 2.53 bits per heavy atom. The number of likely N-dealkylation sites (N-methyl/N-ethyl adjacent to an activating group) is 1. The van der Waals surface area contributed by atoms with E-state index in [2.05, 4.69) is 10.6 Å². The molecule has 1 saturated carbocycles. The Morgan fingerprint density at radius 2 is 1.89 bits per heavy atom. The Balaban J connectivity index is 1.87. The van der Waals surface area contributed by atoms with Gasteiger partial charge in [0.05, 0.1) is 24.8 Å². The molecule has 1 aromatic carbocycles. The summed E-state index contributed by atoms with van der Waals surface area (Å²) in [5.41, 5.74) is 0.888. The first-order valence-corrected chi connectivity index (χ1v) is 13.2. The van der Waals surface area contributed by atoms with E-state index >= 15 is 0 Å². The highest BCUT2D eigenvalue weighted by atomic mass is 16.5. The maximum absolute atomic E-state index is 13.6. The second-order valence-corrected chi connectivity index (χ2v) is 10.6. The number of aliphatic hydroxyl groups is 1. The van der Waals surface area contributed by atoms with E-state index in [0.29, 0.717) is 30.1 Å². The van der Waals surface area contributed by atoms with Crippen LogP contribution < -0.4 is 15.4 Å². The predicted octanol–water partition coefficient (Wildman–Crippen LogP) is 3.48. The number of benzene rings is 1. The molecule has 9 heteroatoms. The van der Waals surface area contributed by atoms with Crippen molar-refractivity contribution in [2.24, 2.45) is 11.8 Å². The first kappa shape index (κ1) is 27.8. The number of amides is 4. The van der Waals surface area contributed by atoms with Crippen LogP contribution in [-0.2, 0) is 4.79 Å². The Bertz CT molecular complexity index is 931. The lowest BCUT2D eigenvalue weighted by Crippen LogP contribution is -2.51. The molecule has 4 amide bonds. The van der Waals surface area contributed by atoms with Gasteiger partial charge in [0.1, 0.15) is 11.9 Å². The standard InChI is InChI=1S/C27H42N4O5/c1-17(2)28-27(35)30(5)15-24-18(3)14-31(19(4)16-32)26(34)22-13-21(11-12-23(22)36-24)29-25(33)20-9-7-6-8-10-20/h11-13,17-20,24,32H,6-10,14-16H2,1-5H3,(H,28,35)(H,29,33)/t18-,19-,24+/m0/s1. The largest absolute Gasteiger partial charge is 0.487 e. The van der Waals surface area contributed by atoms with Crippen molar-refractivity contribution in [3.05, 3.63) is 23.8 Å². The number of carbonyl (C=O) groups is 3. The quantitative estimate of drug-likeness (QED) is 0.529. The number of anilines is 1. The third-order valence-corrected chi connectivity index (χ3v) is 7.12. The monoisotopic (exact) mass is 502 g/mol. The fourth-order valence-corrected chi connectivity index (χ4v) is 4.84. The molecule has 0 saturated heterocycles. The van der Waals surface area contributed by atoms with Gasteiger partial charge in [-0.05, 0) is 51.8 Å². The molecule has 200 valence electrons. The van der Waals surface area contributed by atoms with Crippen LogP contribution in [0.4, 0.5) is 10.5 Å². The van der Waals surface area contributed by atoms with E-state index in [9.17, 15) is 19.5 Å². The number of nitrogens with one attached hydrogen (secondary N) is 2. The van der Waals surface area contributed by atoms with Gasteiger partial charge in [0.25, 0.3) is 5.91 Å². The van der Waals surface area contributed by atoms with Crippen LogP contribution in [0.3, 0.4) is 0 Å². The van der Waals surface area contributed by atoms with Gasteiger partial charge in [-0.3, -0.25) is 9.59 Å². The highest BCUT2D eigenvalue weighted by Crippen LogP contribution is 2.31. The van der Waals surface area contributed by atoms with Gasteiger partial charge in [0.15, 0.2) is 0 Å². The first-order valence-electron chi connectivity index (χ1n) is 13.2. The Labute approximate surface area is 214 Å². The molecule has 36 heavy (non-hydrogen) atoms. The van der Waals surface area contributed by atoms with Crippen molar-refractivity contribution >= 4 is 23.5 Å². The van der Waals surface area contributed by atoms with Crippen LogP contribution in [0.1, 0.15) is 70.2 Å². The Morgan fingerprint density at radius 1 is 1.19 bits per heavy atom. The van der Waals surface area contributed by atoms with Gasteiger partial charge in [-0.25, -0.2) is 4.79 Å². The zero-order valence-electron chi connectivity index (χ0n) is 22.3. The maximum Gasteiger partial charge on any atom is 0.317 e. The van der Waals surface area contributed by atoms with Crippen molar-refractivity contribution in [2.45, 2.75) is 78.0 Å². The van der Waals surface area contributed by atoms with E-state index in [-0.39, 0.29) is 48.4 Å². The van der Waals surface area contributed by atoms with E-state index in [1.165, 1.54) is 6.42 Å². The number of carbonyl (C=O) groups excluding carboxylic acids is 3. The minimum atomic E-state index is -0.394. The average Bonchev–Trinajstić information content (AvgIpc) is 2.86. The molecule has 9 nitrogen and oxygen atoms in total. The third kappa shape index (κ3) is 6.90. The molecule has 2 aliphatic rings. The molecule has 3 N–H and O–H groups in total. The molecule has 1 aliphatic carbocycles. The lowest BCUT2D eigenvalue weighted by molar-refractivity contribution is -0.120. The summed E-state index contributed by atoms with van der Waals surface area (Å²) in [4.78, 5) is 42.1. The Kier molecular flexibility index (Phi) is 9.59. The molecule has 1 aromatic rings. The summed E-state index contributed by atoms with van der Waals surface area (Å²) in [5.74, 6) is 0.0303. The molecular formula is C27H42N4O5. The molecule has 1 aliphatic heterocycles. The highest BCUT2D eigenvalue weighted by molar-refractivity contribution is 6.00. The van der Waals surface area contributed by atoms with Gasteiger partial charge in [-0.1, -0.05) is 26.2 Å². The van der Waals surface area contributed by atoms with Crippen LogP contribution in [0.5, 0.6) is 5.75 Å². The summed E-state index contributed by atoms with van der Waals surface area (Å²) in [5, 5.41) is 15.7. The maximum atomic E-state index is 13.6. The molecule has 1 fully saturated rings. The van der Waals surface area contributed by atoms with Crippen LogP contribution in [-0.4, -0.2) is 77.7 Å². The third-order valence-electron chi connectivity index (χ3n) is 7.12. The highest BCUT2D eigenvalue weighted by Gasteiger charge is 2.34. The lowest BCUT2D eigenvalue weighted by atomic mass is 9.88. The van der Waals surface area contributed by atoms with Gasteiger partial charge >= 0.3 is 6.03 Å². The summed E-state index contributed by atoms with van der Waals surface area (Å²) in [6.07, 6.45) is 4.69. The number of nitrogens with zero attached hydrogens (tertiary/aromatic N) is 2. The fourth-order valence-electron chi connectivity index (χ4n) is 4.84. The molecular weight excluding hydrogens is 460 g/mol. The van der Waals surface area contributed by atoms with Crippen LogP contribution in [0.25, 0.3) is 0 Å². The van der Waals surface area contributed by atoms with E-state index in [4.69, 9.17) is 4.74 Å². The molecule has 0 spiro atoms. The van der Waals surface area contributed by atoms with Crippen LogP contribution in [0, 0.1) is 11.8 Å². The normalized spacial score (nSPS) is 21.6. The van der Waals surface area contributed by atoms with Gasteiger partial charge in [-0.2, -0.15) is 0 Å². The predicted molar refractivity (Wildman–Crippen MR) is 139 cm³/mol. The smallest absolute Gasteiger partial charge is 0.317 e. The first-order chi connectivity index (χ1) is 17.1. The molecule has 3 rings (SSSR count). The summed E-state index contributed by atoms with van der Waals surface area (Å²) in [7, 11) is 1.72. The number of hydrogen-bond donors (Lipinski definition) is 3. The average molecular weight is 503 g/mol. The van der Waals surface area contributed by atoms with E-state index < -0.39 is 6.04 Å². The zero-order valence-corrected chi connectivity index (χ0v) is 22.3. The van der Waals surface area contributed by atoms with E-state index in [1.54, 1.807) is 42.0 Å². The van der Waals surface area contributed by atoms with Gasteiger partial charge < -0.3 is 30.3 Å². The fraction of sp³-hybridized carbons (Fsp3) is 0.667. The molecule has 0 radical (unpaired) electrons. The number of urea groups is 1. The number of aliphatic hydroxyl groups excluding tert-OH is 1. The van der Waals surface area contributed by atoms with E-state index in [0.717, 1.165) is 25.7 Å². The second kappa shape index (κ2) is 12.4. The zero-order chi connectivity index (χ0) is 26.4. The number of fused-ring (bicyclic) bond motifs is 1. The molecule has 3 atom stereocenters. The van der Waals surface area contributed by atoms with Crippen LogP contribution >= 0.6 is 0 Å². The topological polar surface area (TPSA) is 111 Å². The van der Waals surface area contributed by atoms with Crippen LogP contribution in [0.15, 0.2) is 18.2 Å². The number of rotatable bonds is 7. The SMILES string of the molecule is CC(C)NC(=O)N(C)C[C@H]1Oc2ccc(NC(=O)C3CCCCC3)cc2C(=O)N([C@@H](C)CO)C[C@@H]1C. The van der Waals surface area contributed by atoms with Crippen molar-refractivity contribution in [3.8, 4) is 5.75 Å². The molecule has 0 bridgehead atoms. The summed E-state index contributed by atoms with van der Waals surface area (Å²) < 4.78 is 6.34. The Hall–Kier alpha value is -2.81. The molecule has 1 heterocycles. The van der Waals surface area contributed by atoms with Crippen molar-refractivity contribution < 1.29 is 24.2 Å². The van der Waals surface area contributed by atoms with Crippen molar-refractivity contribution in [1.82, 2.24) is 15.1 Å². The minimum Gasteiger partial charge on any atom is -0.487 e. The summed E-state index contributed by atoms with van der Waals surface area (Å²) >= 11 is 0. The van der Waals surface area contributed by atoms with Crippen LogP contribution in [0.2, 0.25) is 0 Å². The number of hydrogen-bond acceptors (Lipinski definition) is 5. The van der Waals surface area contributed by atoms with Gasteiger partial charge in [0.2, 0.25) is 5.91 Å². The van der Waals surface area contributed by atoms with Gasteiger partial charge in [0, 0.05) is 37.2 Å². The summed E-state index contributed by atoms with van der Waals surface area (Å²) in [6.45, 7) is 8.11. The second-order valence-electron chi connectivity index (χ2n) is 10.6.